The predicted octanol–water partition coefficient (Wildman–Crippen LogP) is 2.20. The van der Waals surface area contributed by atoms with E-state index in [0.717, 1.165) is 17.9 Å². The van der Waals surface area contributed by atoms with Gasteiger partial charge in [0.15, 0.2) is 0 Å². The Morgan fingerprint density at radius 3 is 3.05 bits per heavy atom. The molecule has 1 aromatic rings. The van der Waals surface area contributed by atoms with Gasteiger partial charge in [-0.25, -0.2) is 8.78 Å². The summed E-state index contributed by atoms with van der Waals surface area (Å²) >= 11 is 0. The number of hydrogen-bond donors (Lipinski definition) is 2. The van der Waals surface area contributed by atoms with Crippen LogP contribution in [0.3, 0.4) is 0 Å². The van der Waals surface area contributed by atoms with Crippen molar-refractivity contribution in [2.75, 3.05) is 31.7 Å². The number of nitrogens with one attached hydrogen (secondary N) is 2. The predicted molar refractivity (Wildman–Crippen MR) is 81.0 cm³/mol. The van der Waals surface area contributed by atoms with Crippen LogP contribution in [0, 0.1) is 0 Å². The number of amides is 1. The van der Waals surface area contributed by atoms with E-state index in [4.69, 9.17) is 4.74 Å². The third-order valence-corrected chi connectivity index (χ3v) is 2.91. The Hall–Kier alpha value is -1.44. The molecule has 2 rings (SSSR count). The number of carbonyl (C=O) groups excluding carboxylic acids is 1. The van der Waals surface area contributed by atoms with E-state index in [9.17, 15) is 13.6 Å². The van der Waals surface area contributed by atoms with Gasteiger partial charge in [0.25, 0.3) is 6.43 Å². The van der Waals surface area contributed by atoms with E-state index in [0.29, 0.717) is 18.8 Å². The summed E-state index contributed by atoms with van der Waals surface area (Å²) in [5.74, 6) is 0.532. The Bertz CT molecular complexity index is 489. The highest BCUT2D eigenvalue weighted by molar-refractivity contribution is 5.91. The number of anilines is 1. The second-order valence-corrected chi connectivity index (χ2v) is 4.61. The monoisotopic (exact) mass is 336 g/mol. The third-order valence-electron chi connectivity index (χ3n) is 2.91. The van der Waals surface area contributed by atoms with E-state index < -0.39 is 13.0 Å². The molecule has 1 amide bonds. The lowest BCUT2D eigenvalue weighted by molar-refractivity contribution is -0.117. The summed E-state index contributed by atoms with van der Waals surface area (Å²) in [7, 11) is 0. The molecule has 0 atom stereocenters. The lowest BCUT2D eigenvalue weighted by Gasteiger charge is -2.10. The van der Waals surface area contributed by atoms with Crippen LogP contribution in [0.5, 0.6) is 5.75 Å². The van der Waals surface area contributed by atoms with E-state index in [2.05, 4.69) is 15.4 Å². The minimum atomic E-state index is -2.51. The van der Waals surface area contributed by atoms with Crippen molar-refractivity contribution >= 4 is 24.0 Å². The number of benzene rings is 1. The number of rotatable bonds is 6. The molecule has 1 aromatic carbocycles. The number of ether oxygens (including phenoxy) is 2. The Morgan fingerprint density at radius 2 is 2.27 bits per heavy atom. The van der Waals surface area contributed by atoms with Crippen molar-refractivity contribution in [2.24, 2.45) is 0 Å². The SMILES string of the molecule is Cl.O=C(CCOCC(F)F)Nc1ccc2c(c1)CNCCO2. The summed E-state index contributed by atoms with van der Waals surface area (Å²) in [6, 6.07) is 5.40. The second kappa shape index (κ2) is 9.55. The Kier molecular flexibility index (Phi) is 8.08. The first-order chi connectivity index (χ1) is 10.1. The van der Waals surface area contributed by atoms with Gasteiger partial charge in [0.1, 0.15) is 19.0 Å². The zero-order valence-corrected chi connectivity index (χ0v) is 12.8. The largest absolute Gasteiger partial charge is 0.492 e. The molecule has 0 bridgehead atoms. The van der Waals surface area contributed by atoms with Gasteiger partial charge >= 0.3 is 0 Å². The van der Waals surface area contributed by atoms with Gasteiger partial charge in [0.05, 0.1) is 13.0 Å². The summed E-state index contributed by atoms with van der Waals surface area (Å²) in [6.45, 7) is 1.40. The molecule has 0 aliphatic carbocycles. The summed E-state index contributed by atoms with van der Waals surface area (Å²) in [5.41, 5.74) is 1.62. The van der Waals surface area contributed by atoms with E-state index in [-0.39, 0.29) is 31.3 Å². The molecule has 0 spiro atoms. The topological polar surface area (TPSA) is 59.6 Å². The molecule has 5 nitrogen and oxygen atoms in total. The molecule has 1 heterocycles. The summed E-state index contributed by atoms with van der Waals surface area (Å²) < 4.78 is 33.9. The molecule has 124 valence electrons. The van der Waals surface area contributed by atoms with Crippen molar-refractivity contribution in [2.45, 2.75) is 19.4 Å². The van der Waals surface area contributed by atoms with Crippen LogP contribution in [0.2, 0.25) is 0 Å². The van der Waals surface area contributed by atoms with Crippen LogP contribution in [0.4, 0.5) is 14.5 Å². The molecule has 2 N–H and O–H groups in total. The molecular formula is C14H19ClF2N2O3. The number of alkyl halides is 2. The van der Waals surface area contributed by atoms with Crippen molar-refractivity contribution in [3.8, 4) is 5.75 Å². The lowest BCUT2D eigenvalue weighted by Crippen LogP contribution is -2.16. The second-order valence-electron chi connectivity index (χ2n) is 4.61. The Balaban J connectivity index is 0.00000242. The van der Waals surface area contributed by atoms with Gasteiger partial charge < -0.3 is 20.1 Å². The van der Waals surface area contributed by atoms with E-state index in [1.807, 2.05) is 12.1 Å². The molecule has 8 heteroatoms. The number of fused-ring (bicyclic) bond motifs is 1. The molecule has 0 fully saturated rings. The number of halogens is 3. The summed E-state index contributed by atoms with van der Waals surface area (Å²) in [5, 5.41) is 5.92. The first-order valence-corrected chi connectivity index (χ1v) is 6.77. The Labute approximate surface area is 133 Å². The van der Waals surface area contributed by atoms with Crippen molar-refractivity contribution in [3.63, 3.8) is 0 Å². The summed E-state index contributed by atoms with van der Waals surface area (Å²) in [6.07, 6.45) is -2.47. The van der Waals surface area contributed by atoms with Gasteiger partial charge in [-0.3, -0.25) is 4.79 Å². The fourth-order valence-corrected chi connectivity index (χ4v) is 1.95. The van der Waals surface area contributed by atoms with Crippen LogP contribution in [0.25, 0.3) is 0 Å². The van der Waals surface area contributed by atoms with Crippen LogP contribution >= 0.6 is 12.4 Å². The highest BCUT2D eigenvalue weighted by atomic mass is 35.5. The van der Waals surface area contributed by atoms with Gasteiger partial charge in [-0.2, -0.15) is 0 Å². The lowest BCUT2D eigenvalue weighted by atomic mass is 10.1. The van der Waals surface area contributed by atoms with Gasteiger partial charge in [-0.05, 0) is 18.2 Å². The zero-order valence-electron chi connectivity index (χ0n) is 11.9. The molecule has 0 radical (unpaired) electrons. The molecule has 1 aliphatic heterocycles. The van der Waals surface area contributed by atoms with Crippen LogP contribution in [0.1, 0.15) is 12.0 Å². The minimum absolute atomic E-state index is 0. The van der Waals surface area contributed by atoms with E-state index >= 15 is 0 Å². The maximum atomic E-state index is 11.9. The highest BCUT2D eigenvalue weighted by Crippen LogP contribution is 2.24. The zero-order chi connectivity index (χ0) is 15.1. The first kappa shape index (κ1) is 18.6. The fourth-order valence-electron chi connectivity index (χ4n) is 1.95. The Morgan fingerprint density at radius 1 is 1.45 bits per heavy atom. The number of hydrogen-bond acceptors (Lipinski definition) is 4. The molecule has 0 unspecified atom stereocenters. The molecular weight excluding hydrogens is 318 g/mol. The average Bonchev–Trinajstić information content (AvgIpc) is 2.68. The van der Waals surface area contributed by atoms with Crippen LogP contribution in [-0.2, 0) is 16.1 Å². The summed E-state index contributed by atoms with van der Waals surface area (Å²) in [4.78, 5) is 11.7. The van der Waals surface area contributed by atoms with Crippen LogP contribution in [0.15, 0.2) is 18.2 Å². The van der Waals surface area contributed by atoms with Crippen molar-refractivity contribution in [1.29, 1.82) is 0 Å². The first-order valence-electron chi connectivity index (χ1n) is 6.77. The van der Waals surface area contributed by atoms with Crippen LogP contribution < -0.4 is 15.4 Å². The van der Waals surface area contributed by atoms with Gasteiger partial charge in [0.2, 0.25) is 5.91 Å². The van der Waals surface area contributed by atoms with Crippen molar-refractivity contribution in [3.05, 3.63) is 23.8 Å². The third kappa shape index (κ3) is 6.13. The maximum absolute atomic E-state index is 11.9. The molecule has 22 heavy (non-hydrogen) atoms. The fraction of sp³-hybridized carbons (Fsp3) is 0.500. The molecule has 0 saturated heterocycles. The van der Waals surface area contributed by atoms with Crippen LogP contribution in [-0.4, -0.2) is 38.7 Å². The molecule has 0 aromatic heterocycles. The van der Waals surface area contributed by atoms with Crippen molar-refractivity contribution < 1.29 is 23.0 Å². The maximum Gasteiger partial charge on any atom is 0.261 e. The van der Waals surface area contributed by atoms with Crippen molar-refractivity contribution in [1.82, 2.24) is 5.32 Å². The number of carbonyl (C=O) groups is 1. The average molecular weight is 337 g/mol. The van der Waals surface area contributed by atoms with E-state index in [1.165, 1.54) is 0 Å². The van der Waals surface area contributed by atoms with Gasteiger partial charge in [-0.15, -0.1) is 12.4 Å². The van der Waals surface area contributed by atoms with Gasteiger partial charge in [-0.1, -0.05) is 0 Å². The van der Waals surface area contributed by atoms with Gasteiger partial charge in [0, 0.05) is 24.3 Å². The quantitative estimate of drug-likeness (QED) is 0.782. The smallest absolute Gasteiger partial charge is 0.261 e. The standard InChI is InChI=1S/C14H18F2N2O3.ClH/c15-13(16)9-20-5-3-14(19)18-11-1-2-12-10(7-11)8-17-4-6-21-12;/h1-2,7,13,17H,3-6,8-9H2,(H,18,19);1H. The minimum Gasteiger partial charge on any atom is -0.492 e. The van der Waals surface area contributed by atoms with E-state index in [1.54, 1.807) is 6.07 Å². The normalized spacial score (nSPS) is 13.6. The molecule has 1 aliphatic rings. The highest BCUT2D eigenvalue weighted by Gasteiger charge is 2.10. The molecule has 0 saturated carbocycles.